The first kappa shape index (κ1) is 14.1. The molecule has 1 aromatic carbocycles. The maximum Gasteiger partial charge on any atom is 0.142 e. The lowest BCUT2D eigenvalue weighted by Gasteiger charge is -2.30. The van der Waals surface area contributed by atoms with Crippen LogP contribution in [-0.4, -0.2) is 42.9 Å². The zero-order valence-corrected chi connectivity index (χ0v) is 13.2. The molecule has 1 N–H and O–H groups in total. The van der Waals surface area contributed by atoms with Crippen LogP contribution in [0.3, 0.4) is 0 Å². The van der Waals surface area contributed by atoms with Gasteiger partial charge in [-0.15, -0.1) is 0 Å². The third-order valence-electron chi connectivity index (χ3n) is 4.30. The van der Waals surface area contributed by atoms with Crippen LogP contribution in [0.2, 0.25) is 0 Å². The van der Waals surface area contributed by atoms with E-state index in [1.165, 1.54) is 0 Å². The molecule has 0 aliphatic carbocycles. The summed E-state index contributed by atoms with van der Waals surface area (Å²) >= 11 is 0. The molecule has 0 saturated carbocycles. The van der Waals surface area contributed by atoms with Gasteiger partial charge in [0.05, 0.1) is 24.0 Å². The number of methoxy groups -OCH3 is 1. The smallest absolute Gasteiger partial charge is 0.142 e. The number of pyridine rings is 1. The molecule has 0 bridgehead atoms. The highest BCUT2D eigenvalue weighted by molar-refractivity contribution is 5.72. The maximum atomic E-state index is 5.64. The van der Waals surface area contributed by atoms with Gasteiger partial charge in [-0.25, -0.2) is 4.52 Å². The van der Waals surface area contributed by atoms with Crippen LogP contribution in [0.25, 0.3) is 16.8 Å². The fourth-order valence-corrected chi connectivity index (χ4v) is 3.08. The molecule has 0 spiro atoms. The first-order valence-electron chi connectivity index (χ1n) is 7.94. The number of piperazine rings is 1. The van der Waals surface area contributed by atoms with E-state index in [-0.39, 0.29) is 0 Å². The molecule has 0 atom stereocenters. The SMILES string of the molecule is COc1cc(-c2cc3ccccn3n2)ccc1N1CCNCC1. The zero-order chi connectivity index (χ0) is 15.6. The minimum absolute atomic E-state index is 0.904. The summed E-state index contributed by atoms with van der Waals surface area (Å²) in [6, 6.07) is 14.5. The Balaban J connectivity index is 1.72. The van der Waals surface area contributed by atoms with E-state index in [1.807, 2.05) is 22.8 Å². The molecule has 4 rings (SSSR count). The average Bonchev–Trinajstić information content (AvgIpc) is 3.06. The number of rotatable bonds is 3. The highest BCUT2D eigenvalue weighted by atomic mass is 16.5. The molecule has 0 amide bonds. The second-order valence-electron chi connectivity index (χ2n) is 5.72. The summed E-state index contributed by atoms with van der Waals surface area (Å²) in [6.45, 7) is 4.03. The molecule has 2 aromatic heterocycles. The number of fused-ring (bicyclic) bond motifs is 1. The molecular weight excluding hydrogens is 288 g/mol. The lowest BCUT2D eigenvalue weighted by molar-refractivity contribution is 0.413. The minimum Gasteiger partial charge on any atom is -0.495 e. The van der Waals surface area contributed by atoms with Gasteiger partial charge in [0.2, 0.25) is 0 Å². The van der Waals surface area contributed by atoms with Crippen molar-refractivity contribution in [3.63, 3.8) is 0 Å². The largest absolute Gasteiger partial charge is 0.495 e. The normalized spacial score (nSPS) is 15.1. The third kappa shape index (κ3) is 2.64. The van der Waals surface area contributed by atoms with Crippen LogP contribution in [0.4, 0.5) is 5.69 Å². The predicted molar refractivity (Wildman–Crippen MR) is 92.3 cm³/mol. The van der Waals surface area contributed by atoms with Crippen molar-refractivity contribution in [3.05, 3.63) is 48.7 Å². The molecular formula is C18H20N4O. The number of benzene rings is 1. The monoisotopic (exact) mass is 308 g/mol. The van der Waals surface area contributed by atoms with Crippen molar-refractivity contribution in [2.75, 3.05) is 38.2 Å². The minimum atomic E-state index is 0.904. The van der Waals surface area contributed by atoms with Gasteiger partial charge in [-0.2, -0.15) is 5.10 Å². The molecule has 1 aliphatic rings. The van der Waals surface area contributed by atoms with E-state index in [4.69, 9.17) is 4.74 Å². The summed E-state index contributed by atoms with van der Waals surface area (Å²) in [7, 11) is 1.73. The van der Waals surface area contributed by atoms with Gasteiger partial charge in [-0.3, -0.25) is 0 Å². The van der Waals surface area contributed by atoms with E-state index < -0.39 is 0 Å². The molecule has 118 valence electrons. The molecule has 5 nitrogen and oxygen atoms in total. The molecule has 23 heavy (non-hydrogen) atoms. The first-order chi connectivity index (χ1) is 11.3. The molecule has 1 fully saturated rings. The van der Waals surface area contributed by atoms with Crippen LogP contribution in [0.15, 0.2) is 48.7 Å². The Labute approximate surface area is 135 Å². The topological polar surface area (TPSA) is 41.8 Å². The van der Waals surface area contributed by atoms with E-state index in [1.54, 1.807) is 7.11 Å². The highest BCUT2D eigenvalue weighted by Crippen LogP contribution is 2.33. The number of nitrogens with one attached hydrogen (secondary N) is 1. The Morgan fingerprint density at radius 1 is 1.09 bits per heavy atom. The van der Waals surface area contributed by atoms with Crippen LogP contribution in [0.1, 0.15) is 0 Å². The van der Waals surface area contributed by atoms with E-state index >= 15 is 0 Å². The predicted octanol–water partition coefficient (Wildman–Crippen LogP) is 2.42. The zero-order valence-electron chi connectivity index (χ0n) is 13.2. The number of ether oxygens (including phenoxy) is 1. The molecule has 1 saturated heterocycles. The second kappa shape index (κ2) is 5.93. The summed E-state index contributed by atoms with van der Waals surface area (Å²) in [5.74, 6) is 0.904. The second-order valence-corrected chi connectivity index (χ2v) is 5.72. The standard InChI is InChI=1S/C18H20N4O/c1-23-18-12-14(5-6-17(18)21-10-7-19-8-11-21)16-13-15-4-2-3-9-22(15)20-16/h2-6,9,12-13,19H,7-8,10-11H2,1H3. The first-order valence-corrected chi connectivity index (χ1v) is 7.94. The summed E-state index contributed by atoms with van der Waals surface area (Å²) < 4.78 is 7.53. The lowest BCUT2D eigenvalue weighted by Crippen LogP contribution is -2.43. The number of aromatic nitrogens is 2. The van der Waals surface area contributed by atoms with Crippen molar-refractivity contribution >= 4 is 11.2 Å². The summed E-state index contributed by atoms with van der Waals surface area (Å²) in [6.07, 6.45) is 1.96. The van der Waals surface area contributed by atoms with Crippen molar-refractivity contribution in [1.29, 1.82) is 0 Å². The van der Waals surface area contributed by atoms with Crippen molar-refractivity contribution in [3.8, 4) is 17.0 Å². The van der Waals surface area contributed by atoms with Gasteiger partial charge in [0, 0.05) is 37.9 Å². The molecule has 5 heteroatoms. The Morgan fingerprint density at radius 3 is 2.74 bits per heavy atom. The quantitative estimate of drug-likeness (QED) is 0.807. The van der Waals surface area contributed by atoms with Crippen LogP contribution in [0.5, 0.6) is 5.75 Å². The Morgan fingerprint density at radius 2 is 1.96 bits per heavy atom. The van der Waals surface area contributed by atoms with Crippen LogP contribution in [0, 0.1) is 0 Å². The number of anilines is 1. The summed E-state index contributed by atoms with van der Waals surface area (Å²) in [5.41, 5.74) is 4.28. The molecule has 3 heterocycles. The average molecular weight is 308 g/mol. The van der Waals surface area contributed by atoms with Crippen molar-refractivity contribution in [2.45, 2.75) is 0 Å². The Hall–Kier alpha value is -2.53. The van der Waals surface area contributed by atoms with Gasteiger partial charge < -0.3 is 15.0 Å². The fourth-order valence-electron chi connectivity index (χ4n) is 3.08. The molecule has 1 aliphatic heterocycles. The van der Waals surface area contributed by atoms with Crippen LogP contribution >= 0.6 is 0 Å². The third-order valence-corrected chi connectivity index (χ3v) is 4.30. The fraction of sp³-hybridized carbons (Fsp3) is 0.278. The Bertz CT molecular complexity index is 788. The summed E-state index contributed by atoms with van der Waals surface area (Å²) in [4.78, 5) is 2.36. The molecule has 0 unspecified atom stereocenters. The van der Waals surface area contributed by atoms with Crippen molar-refractivity contribution in [2.24, 2.45) is 0 Å². The van der Waals surface area contributed by atoms with Crippen molar-refractivity contribution in [1.82, 2.24) is 14.9 Å². The highest BCUT2D eigenvalue weighted by Gasteiger charge is 2.16. The van der Waals surface area contributed by atoms with E-state index in [9.17, 15) is 0 Å². The van der Waals surface area contributed by atoms with E-state index in [2.05, 4.69) is 45.6 Å². The van der Waals surface area contributed by atoms with E-state index in [0.717, 1.165) is 54.4 Å². The van der Waals surface area contributed by atoms with Gasteiger partial charge in [0.25, 0.3) is 0 Å². The lowest BCUT2D eigenvalue weighted by atomic mass is 10.1. The van der Waals surface area contributed by atoms with Crippen LogP contribution < -0.4 is 15.0 Å². The maximum absolute atomic E-state index is 5.64. The van der Waals surface area contributed by atoms with Gasteiger partial charge in [0.15, 0.2) is 0 Å². The number of nitrogens with zero attached hydrogens (tertiary/aromatic N) is 3. The van der Waals surface area contributed by atoms with Gasteiger partial charge in [0.1, 0.15) is 5.75 Å². The number of hydrogen-bond acceptors (Lipinski definition) is 4. The summed E-state index contributed by atoms with van der Waals surface area (Å²) in [5, 5.41) is 8.02. The van der Waals surface area contributed by atoms with Crippen LogP contribution in [-0.2, 0) is 0 Å². The molecule has 3 aromatic rings. The van der Waals surface area contributed by atoms with Gasteiger partial charge >= 0.3 is 0 Å². The molecule has 0 radical (unpaired) electrons. The van der Waals surface area contributed by atoms with E-state index in [0.29, 0.717) is 0 Å². The van der Waals surface area contributed by atoms with Gasteiger partial charge in [-0.05, 0) is 30.3 Å². The Kier molecular flexibility index (Phi) is 3.63. The number of hydrogen-bond donors (Lipinski definition) is 1. The van der Waals surface area contributed by atoms with Crippen molar-refractivity contribution < 1.29 is 4.74 Å². The van der Waals surface area contributed by atoms with Gasteiger partial charge in [-0.1, -0.05) is 12.1 Å².